The normalized spacial score (nSPS) is 12.3. The second-order valence-electron chi connectivity index (χ2n) is 4.72. The first-order valence-electron chi connectivity index (χ1n) is 6.62. The zero-order chi connectivity index (χ0) is 16.4. The van der Waals surface area contributed by atoms with E-state index in [-0.39, 0.29) is 10.7 Å². The van der Waals surface area contributed by atoms with Gasteiger partial charge < -0.3 is 4.57 Å². The molecule has 0 bridgehead atoms. The summed E-state index contributed by atoms with van der Waals surface area (Å²) < 4.78 is 3.06. The molecule has 3 aromatic rings. The SMILES string of the molecule is Cn1/c(=N/N=C/c2ccc(Cl)c([N+](=O)[O-])c2)sc2ccccc21. The summed E-state index contributed by atoms with van der Waals surface area (Å²) in [7, 11) is 1.92. The molecular weight excluding hydrogens is 336 g/mol. The van der Waals surface area contributed by atoms with Gasteiger partial charge in [-0.15, -0.1) is 5.10 Å². The van der Waals surface area contributed by atoms with Crippen LogP contribution in [0.2, 0.25) is 5.02 Å². The Kier molecular flexibility index (Phi) is 4.22. The Morgan fingerprint density at radius 1 is 1.30 bits per heavy atom. The first kappa shape index (κ1) is 15.4. The van der Waals surface area contributed by atoms with Crippen molar-refractivity contribution in [3.8, 4) is 0 Å². The Morgan fingerprint density at radius 3 is 2.83 bits per heavy atom. The maximum atomic E-state index is 10.9. The zero-order valence-electron chi connectivity index (χ0n) is 12.0. The maximum absolute atomic E-state index is 10.9. The molecule has 0 atom stereocenters. The molecule has 0 N–H and O–H groups in total. The predicted molar refractivity (Wildman–Crippen MR) is 92.1 cm³/mol. The minimum absolute atomic E-state index is 0.0972. The van der Waals surface area contributed by atoms with E-state index in [4.69, 9.17) is 11.6 Å². The van der Waals surface area contributed by atoms with Crippen molar-refractivity contribution in [2.75, 3.05) is 0 Å². The summed E-state index contributed by atoms with van der Waals surface area (Å²) in [6, 6.07) is 12.5. The van der Waals surface area contributed by atoms with Gasteiger partial charge >= 0.3 is 0 Å². The van der Waals surface area contributed by atoms with Gasteiger partial charge in [0.1, 0.15) is 5.02 Å². The second kappa shape index (κ2) is 6.31. The van der Waals surface area contributed by atoms with E-state index in [0.717, 1.165) is 15.0 Å². The smallest absolute Gasteiger partial charge is 0.288 e. The van der Waals surface area contributed by atoms with Gasteiger partial charge in [0.05, 0.1) is 21.4 Å². The molecule has 0 radical (unpaired) electrons. The van der Waals surface area contributed by atoms with Crippen LogP contribution >= 0.6 is 22.9 Å². The summed E-state index contributed by atoms with van der Waals surface area (Å²) in [5.74, 6) is 0. The molecule has 6 nitrogen and oxygen atoms in total. The van der Waals surface area contributed by atoms with E-state index >= 15 is 0 Å². The van der Waals surface area contributed by atoms with Crippen LogP contribution in [0.15, 0.2) is 52.7 Å². The van der Waals surface area contributed by atoms with Gasteiger partial charge in [-0.05, 0) is 18.2 Å². The fourth-order valence-corrected chi connectivity index (χ4v) is 3.24. The second-order valence-corrected chi connectivity index (χ2v) is 6.14. The number of rotatable bonds is 3. The van der Waals surface area contributed by atoms with E-state index in [1.807, 2.05) is 35.9 Å². The van der Waals surface area contributed by atoms with Gasteiger partial charge in [-0.2, -0.15) is 5.10 Å². The molecule has 0 spiro atoms. The Morgan fingerprint density at radius 2 is 2.09 bits per heavy atom. The van der Waals surface area contributed by atoms with E-state index in [2.05, 4.69) is 10.2 Å². The van der Waals surface area contributed by atoms with Gasteiger partial charge in [-0.1, -0.05) is 41.1 Å². The lowest BCUT2D eigenvalue weighted by Gasteiger charge is -1.96. The molecule has 3 rings (SSSR count). The molecule has 8 heteroatoms. The van der Waals surface area contributed by atoms with Crippen molar-refractivity contribution < 1.29 is 4.92 Å². The Labute approximate surface area is 140 Å². The first-order chi connectivity index (χ1) is 11.1. The molecule has 0 amide bonds. The molecule has 2 aromatic carbocycles. The predicted octanol–water partition coefficient (Wildman–Crippen LogP) is 3.74. The topological polar surface area (TPSA) is 72.8 Å². The van der Waals surface area contributed by atoms with Crippen LogP contribution in [0.3, 0.4) is 0 Å². The van der Waals surface area contributed by atoms with Crippen LogP contribution in [0, 0.1) is 10.1 Å². The van der Waals surface area contributed by atoms with Crippen molar-refractivity contribution in [1.82, 2.24) is 4.57 Å². The monoisotopic (exact) mass is 346 g/mol. The van der Waals surface area contributed by atoms with Gasteiger partial charge in [-0.3, -0.25) is 10.1 Å². The maximum Gasteiger partial charge on any atom is 0.288 e. The number of aromatic nitrogens is 1. The van der Waals surface area contributed by atoms with Gasteiger partial charge in [-0.25, -0.2) is 0 Å². The number of nitrogens with zero attached hydrogens (tertiary/aromatic N) is 4. The first-order valence-corrected chi connectivity index (χ1v) is 7.81. The molecule has 116 valence electrons. The molecule has 0 saturated carbocycles. The van der Waals surface area contributed by atoms with Gasteiger partial charge in [0.2, 0.25) is 4.80 Å². The van der Waals surface area contributed by atoms with Crippen LogP contribution in [0.5, 0.6) is 0 Å². The lowest BCUT2D eigenvalue weighted by atomic mass is 10.2. The fourth-order valence-electron chi connectivity index (χ4n) is 2.07. The molecular formula is C15H11ClN4O2S. The lowest BCUT2D eigenvalue weighted by molar-refractivity contribution is -0.384. The molecule has 1 heterocycles. The minimum atomic E-state index is -0.525. The van der Waals surface area contributed by atoms with Crippen LogP contribution in [0.1, 0.15) is 5.56 Å². The number of benzene rings is 2. The van der Waals surface area contributed by atoms with Crippen LogP contribution in [-0.2, 0) is 7.05 Å². The average Bonchev–Trinajstić information content (AvgIpc) is 2.85. The van der Waals surface area contributed by atoms with Crippen molar-refractivity contribution in [3.05, 3.63) is 68.0 Å². The van der Waals surface area contributed by atoms with Crippen LogP contribution in [0.4, 0.5) is 5.69 Å². The Bertz CT molecular complexity index is 991. The highest BCUT2D eigenvalue weighted by molar-refractivity contribution is 7.16. The van der Waals surface area contributed by atoms with Crippen molar-refractivity contribution in [2.45, 2.75) is 0 Å². The number of halogens is 1. The Hall–Kier alpha value is -2.51. The number of fused-ring (bicyclic) bond motifs is 1. The third kappa shape index (κ3) is 3.15. The average molecular weight is 347 g/mol. The third-order valence-electron chi connectivity index (χ3n) is 3.23. The van der Waals surface area contributed by atoms with Crippen molar-refractivity contribution in [1.29, 1.82) is 0 Å². The van der Waals surface area contributed by atoms with Crippen molar-refractivity contribution in [2.24, 2.45) is 17.3 Å². The summed E-state index contributed by atoms with van der Waals surface area (Å²) in [4.78, 5) is 11.1. The fraction of sp³-hybridized carbons (Fsp3) is 0.0667. The van der Waals surface area contributed by atoms with Crippen molar-refractivity contribution in [3.63, 3.8) is 0 Å². The third-order valence-corrected chi connectivity index (χ3v) is 4.65. The molecule has 0 aliphatic carbocycles. The highest BCUT2D eigenvalue weighted by atomic mass is 35.5. The zero-order valence-corrected chi connectivity index (χ0v) is 13.6. The van der Waals surface area contributed by atoms with Gasteiger partial charge in [0, 0.05) is 18.7 Å². The summed E-state index contributed by atoms with van der Waals surface area (Å²) in [6.07, 6.45) is 1.47. The number of hydrogen-bond donors (Lipinski definition) is 0. The highest BCUT2D eigenvalue weighted by Crippen LogP contribution is 2.24. The standard InChI is InChI=1S/C15H11ClN4O2S/c1-19-12-4-2-3-5-14(12)23-15(19)18-17-9-10-6-7-11(16)13(8-10)20(21)22/h2-9H,1H3/b17-9+,18-15-. The van der Waals surface area contributed by atoms with E-state index in [9.17, 15) is 10.1 Å². The summed E-state index contributed by atoms with van der Waals surface area (Å²) in [6.45, 7) is 0. The Balaban J connectivity index is 1.95. The molecule has 0 aliphatic rings. The highest BCUT2D eigenvalue weighted by Gasteiger charge is 2.11. The number of aryl methyl sites for hydroxylation is 1. The summed E-state index contributed by atoms with van der Waals surface area (Å²) in [5, 5.41) is 19.2. The van der Waals surface area contributed by atoms with E-state index in [1.165, 1.54) is 29.7 Å². The number of nitro groups is 1. The summed E-state index contributed by atoms with van der Waals surface area (Å²) >= 11 is 7.30. The molecule has 0 fully saturated rings. The number of hydrogen-bond acceptors (Lipinski definition) is 5. The van der Waals surface area contributed by atoms with E-state index in [1.54, 1.807) is 6.07 Å². The van der Waals surface area contributed by atoms with Gasteiger partial charge in [0.25, 0.3) is 5.69 Å². The van der Waals surface area contributed by atoms with Crippen LogP contribution in [-0.4, -0.2) is 15.7 Å². The summed E-state index contributed by atoms with van der Waals surface area (Å²) in [5.41, 5.74) is 1.49. The minimum Gasteiger partial charge on any atom is -0.318 e. The van der Waals surface area contributed by atoms with Crippen molar-refractivity contribution >= 4 is 45.1 Å². The molecule has 0 aliphatic heterocycles. The van der Waals surface area contributed by atoms with Gasteiger partial charge in [0.15, 0.2) is 0 Å². The number of para-hydroxylation sites is 1. The molecule has 0 saturated heterocycles. The molecule has 23 heavy (non-hydrogen) atoms. The van der Waals surface area contributed by atoms with Crippen LogP contribution in [0.25, 0.3) is 10.2 Å². The van der Waals surface area contributed by atoms with E-state index in [0.29, 0.717) is 5.56 Å². The van der Waals surface area contributed by atoms with Crippen LogP contribution < -0.4 is 4.80 Å². The lowest BCUT2D eigenvalue weighted by Crippen LogP contribution is -2.08. The quantitative estimate of drug-likeness (QED) is 0.411. The number of nitro benzene ring substituents is 1. The molecule has 0 unspecified atom stereocenters. The largest absolute Gasteiger partial charge is 0.318 e. The number of thiazole rings is 1. The van der Waals surface area contributed by atoms with E-state index < -0.39 is 4.92 Å². The molecule has 1 aromatic heterocycles.